The normalized spacial score (nSPS) is 8.00. The second-order valence-electron chi connectivity index (χ2n) is 1.03. The van der Waals surface area contributed by atoms with Gasteiger partial charge in [0.05, 0.1) is 0 Å². The van der Waals surface area contributed by atoms with E-state index in [2.05, 4.69) is 6.72 Å². The van der Waals surface area contributed by atoms with Crippen molar-refractivity contribution in [1.29, 1.82) is 0 Å². The van der Waals surface area contributed by atoms with Crippen molar-refractivity contribution in [3.8, 4) is 0 Å². The molecule has 0 aromatic carbocycles. The Bertz CT molecular complexity index is 61.2. The summed E-state index contributed by atoms with van der Waals surface area (Å²) in [5.74, 6) is 0. The van der Waals surface area contributed by atoms with Crippen LogP contribution in [0.1, 0.15) is 0 Å². The average Bonchev–Trinajstić information content (AvgIpc) is 1.36. The number of rotatable bonds is 1. The maximum atomic E-state index is 5.24. The summed E-state index contributed by atoms with van der Waals surface area (Å²) in [5, 5.41) is 0. The molecule has 7 heavy (non-hydrogen) atoms. The van der Waals surface area contributed by atoms with Crippen LogP contribution in [0.2, 0.25) is 0 Å². The molecular formula is C3H6Cl3N. The van der Waals surface area contributed by atoms with Crippen molar-refractivity contribution in [2.75, 3.05) is 7.05 Å². The fraction of sp³-hybridized carbons (Fsp3) is 0.667. The van der Waals surface area contributed by atoms with Crippen LogP contribution in [0.3, 0.4) is 0 Å². The lowest BCUT2D eigenvalue weighted by molar-refractivity contribution is -0.484. The molecule has 4 heteroatoms. The predicted octanol–water partition coefficient (Wildman–Crippen LogP) is -1.91. The molecule has 1 nitrogen and oxygen atoms in total. The van der Waals surface area contributed by atoms with Gasteiger partial charge in [0.1, 0.15) is 13.8 Å². The summed E-state index contributed by atoms with van der Waals surface area (Å²) < 4.78 is 1.45. The minimum absolute atomic E-state index is 0. The van der Waals surface area contributed by atoms with E-state index in [1.54, 1.807) is 7.05 Å². The monoisotopic (exact) mass is 161 g/mol. The lowest BCUT2D eigenvalue weighted by Crippen LogP contribution is -3.00. The average molecular weight is 162 g/mol. The molecule has 44 valence electrons. The molecule has 0 heterocycles. The van der Waals surface area contributed by atoms with E-state index in [-0.39, 0.29) is 12.4 Å². The van der Waals surface area contributed by atoms with Gasteiger partial charge in [-0.15, -0.1) is 0 Å². The molecule has 0 aliphatic carbocycles. The highest BCUT2D eigenvalue weighted by molar-refractivity contribution is 6.42. The van der Waals surface area contributed by atoms with E-state index >= 15 is 0 Å². The highest BCUT2D eigenvalue weighted by Gasteiger charge is 2.00. The summed E-state index contributed by atoms with van der Waals surface area (Å²) >= 11 is 10.5. The zero-order chi connectivity index (χ0) is 5.15. The third-order valence-corrected chi connectivity index (χ3v) is 1.000. The second-order valence-corrected chi connectivity index (χ2v) is 2.08. The van der Waals surface area contributed by atoms with Crippen molar-refractivity contribution in [2.24, 2.45) is 0 Å². The molecule has 0 spiro atoms. The summed E-state index contributed by atoms with van der Waals surface area (Å²) in [4.78, 5) is -0.481. The molecule has 0 aromatic rings. The first-order valence-corrected chi connectivity index (χ1v) is 2.33. The molecular weight excluding hydrogens is 156 g/mol. The molecule has 0 radical (unpaired) electrons. The van der Waals surface area contributed by atoms with E-state index in [9.17, 15) is 0 Å². The first-order valence-electron chi connectivity index (χ1n) is 1.46. The van der Waals surface area contributed by atoms with Gasteiger partial charge in [-0.2, -0.15) is 0 Å². The van der Waals surface area contributed by atoms with Crippen molar-refractivity contribution in [2.45, 2.75) is 4.96 Å². The molecule has 0 aliphatic heterocycles. The Morgan fingerprint density at radius 3 is 1.71 bits per heavy atom. The van der Waals surface area contributed by atoms with Gasteiger partial charge in [0, 0.05) is 0 Å². The second kappa shape index (κ2) is 4.69. The van der Waals surface area contributed by atoms with Crippen molar-refractivity contribution in [1.82, 2.24) is 0 Å². The first-order chi connectivity index (χ1) is 2.64. The molecule has 0 N–H and O–H groups in total. The zero-order valence-corrected chi connectivity index (χ0v) is 6.13. The molecule has 0 rings (SSSR count). The first kappa shape index (κ1) is 10.5. The summed E-state index contributed by atoms with van der Waals surface area (Å²) in [7, 11) is 1.70. The summed E-state index contributed by atoms with van der Waals surface area (Å²) in [6.45, 7) is 3.41. The Morgan fingerprint density at radius 1 is 1.57 bits per heavy atom. The Morgan fingerprint density at radius 2 is 1.71 bits per heavy atom. The van der Waals surface area contributed by atoms with Gasteiger partial charge >= 0.3 is 4.96 Å². The van der Waals surface area contributed by atoms with E-state index in [4.69, 9.17) is 23.2 Å². The molecule has 0 amide bonds. The van der Waals surface area contributed by atoms with Crippen LogP contribution in [0.5, 0.6) is 0 Å². The summed E-state index contributed by atoms with van der Waals surface area (Å²) in [5.41, 5.74) is 0. The Balaban J connectivity index is 0. The van der Waals surface area contributed by atoms with Crippen LogP contribution in [-0.4, -0.2) is 23.3 Å². The number of nitrogens with zero attached hydrogens (tertiary/aromatic N) is 1. The topological polar surface area (TPSA) is 3.01 Å². The van der Waals surface area contributed by atoms with Crippen LogP contribution in [0.4, 0.5) is 0 Å². The summed E-state index contributed by atoms with van der Waals surface area (Å²) in [6, 6.07) is 0. The number of halogens is 3. The third-order valence-electron chi connectivity index (χ3n) is 0.333. The Labute approximate surface area is 59.3 Å². The maximum absolute atomic E-state index is 5.24. The summed E-state index contributed by atoms with van der Waals surface area (Å²) in [6.07, 6.45) is 0. The maximum Gasteiger partial charge on any atom is 0.303 e. The van der Waals surface area contributed by atoms with E-state index in [0.717, 1.165) is 0 Å². The minimum atomic E-state index is -0.481. The standard InChI is InChI=1S/C3H6Cl2N.ClH/c1-6(2)3(4)5;/h3H,1H2,2H3;1H/q+1;/p-1. The predicted molar refractivity (Wildman–Crippen MR) is 28.8 cm³/mol. The smallest absolute Gasteiger partial charge is 0.303 e. The fourth-order valence-corrected chi connectivity index (χ4v) is 0. The van der Waals surface area contributed by atoms with E-state index < -0.39 is 4.96 Å². The number of hydrogen-bond donors (Lipinski definition) is 0. The van der Waals surface area contributed by atoms with Crippen LogP contribution in [-0.2, 0) is 0 Å². The SMILES string of the molecule is C=[N+](C)C(Cl)Cl.[Cl-]. The largest absolute Gasteiger partial charge is 1.00 e. The Hall–Kier alpha value is 0.540. The quantitative estimate of drug-likeness (QED) is 0.183. The van der Waals surface area contributed by atoms with Crippen molar-refractivity contribution < 1.29 is 17.0 Å². The Kier molecular flexibility index (Phi) is 7.04. The highest BCUT2D eigenvalue weighted by atomic mass is 35.5. The minimum Gasteiger partial charge on any atom is -1.00 e. The van der Waals surface area contributed by atoms with Gasteiger partial charge in [0.15, 0.2) is 0 Å². The van der Waals surface area contributed by atoms with E-state index in [0.29, 0.717) is 0 Å². The fourth-order valence-electron chi connectivity index (χ4n) is 0. The lowest BCUT2D eigenvalue weighted by atomic mass is 11.1. The van der Waals surface area contributed by atoms with Gasteiger partial charge in [-0.05, 0) is 23.2 Å². The van der Waals surface area contributed by atoms with Crippen LogP contribution in [0.15, 0.2) is 0 Å². The van der Waals surface area contributed by atoms with Gasteiger partial charge in [-0.3, -0.25) is 0 Å². The van der Waals surface area contributed by atoms with Gasteiger partial charge < -0.3 is 12.4 Å². The van der Waals surface area contributed by atoms with Gasteiger partial charge in [-0.25, -0.2) is 4.58 Å². The molecule has 0 saturated carbocycles. The molecule has 0 aromatic heterocycles. The van der Waals surface area contributed by atoms with Gasteiger partial charge in [0.25, 0.3) is 0 Å². The van der Waals surface area contributed by atoms with E-state index in [1.165, 1.54) is 4.58 Å². The molecule has 0 atom stereocenters. The van der Waals surface area contributed by atoms with Crippen molar-refractivity contribution in [3.63, 3.8) is 0 Å². The van der Waals surface area contributed by atoms with Crippen LogP contribution >= 0.6 is 23.2 Å². The van der Waals surface area contributed by atoms with E-state index in [1.807, 2.05) is 0 Å². The molecule has 0 aliphatic rings. The lowest BCUT2D eigenvalue weighted by Gasteiger charge is -1.87. The molecule has 0 saturated heterocycles. The van der Waals surface area contributed by atoms with Gasteiger partial charge in [-0.1, -0.05) is 0 Å². The number of alkyl halides is 2. The van der Waals surface area contributed by atoms with Crippen molar-refractivity contribution in [3.05, 3.63) is 0 Å². The molecule has 0 bridgehead atoms. The molecule has 0 unspecified atom stereocenters. The van der Waals surface area contributed by atoms with Crippen LogP contribution in [0.25, 0.3) is 0 Å². The highest BCUT2D eigenvalue weighted by Crippen LogP contribution is 1.97. The van der Waals surface area contributed by atoms with Crippen LogP contribution in [0, 0.1) is 0 Å². The number of hydrogen-bond acceptors (Lipinski definition) is 0. The van der Waals surface area contributed by atoms with Crippen LogP contribution < -0.4 is 12.4 Å². The van der Waals surface area contributed by atoms with Crippen molar-refractivity contribution >= 4 is 29.9 Å². The van der Waals surface area contributed by atoms with Gasteiger partial charge in [0.2, 0.25) is 0 Å². The third kappa shape index (κ3) is 6.54. The molecule has 0 fully saturated rings. The zero-order valence-electron chi connectivity index (χ0n) is 3.87.